The van der Waals surface area contributed by atoms with Crippen molar-refractivity contribution in [1.82, 2.24) is 4.90 Å². The highest BCUT2D eigenvalue weighted by molar-refractivity contribution is 9.10. The second-order valence-corrected chi connectivity index (χ2v) is 9.61. The molecule has 0 radical (unpaired) electrons. The van der Waals surface area contributed by atoms with Crippen LogP contribution in [0, 0.1) is 11.6 Å². The molecule has 0 atom stereocenters. The summed E-state index contributed by atoms with van der Waals surface area (Å²) in [6.07, 6.45) is 1.51. The molecule has 37 heavy (non-hydrogen) atoms. The number of methoxy groups -OCH3 is 1. The van der Waals surface area contributed by atoms with Gasteiger partial charge in [-0.1, -0.05) is 28.1 Å². The third kappa shape index (κ3) is 6.55. The Bertz CT molecular complexity index is 1400. The number of hydrogen-bond donors (Lipinski definition) is 1. The molecular weight excluding hydrogens is 570 g/mol. The quantitative estimate of drug-likeness (QED) is 0.325. The minimum Gasteiger partial charge on any atom is -0.493 e. The first kappa shape index (κ1) is 26.4. The largest absolute Gasteiger partial charge is 0.493 e. The number of nitrogens with one attached hydrogen (secondary N) is 1. The molecule has 0 saturated carbocycles. The van der Waals surface area contributed by atoms with Crippen LogP contribution in [0.25, 0.3) is 6.08 Å². The average molecular weight is 589 g/mol. The van der Waals surface area contributed by atoms with E-state index in [1.165, 1.54) is 49.6 Å². The number of imide groups is 1. The van der Waals surface area contributed by atoms with Gasteiger partial charge in [0.2, 0.25) is 5.91 Å². The summed E-state index contributed by atoms with van der Waals surface area (Å²) in [7, 11) is 1.45. The number of nitrogens with zero attached hydrogens (tertiary/aromatic N) is 1. The second-order valence-electron chi connectivity index (χ2n) is 7.77. The lowest BCUT2D eigenvalue weighted by atomic mass is 10.1. The predicted molar refractivity (Wildman–Crippen MR) is 139 cm³/mol. The minimum absolute atomic E-state index is 0.110. The van der Waals surface area contributed by atoms with E-state index >= 15 is 0 Å². The third-order valence-corrected chi connectivity index (χ3v) is 6.75. The van der Waals surface area contributed by atoms with E-state index in [2.05, 4.69) is 21.2 Å². The van der Waals surface area contributed by atoms with E-state index in [-0.39, 0.29) is 17.3 Å². The van der Waals surface area contributed by atoms with Crippen LogP contribution in [-0.2, 0) is 16.2 Å². The molecular formula is C26H19BrF2N2O5S. The van der Waals surface area contributed by atoms with E-state index < -0.39 is 29.4 Å². The molecule has 1 N–H and O–H groups in total. The standard InChI is InChI=1S/C26H19BrF2N2O5S/c1-35-21-10-16(20(27)12-22(21)36-14-15-3-2-4-18(29)9-15)11-23-25(33)31(26(34)37-23)13-24(32)30-19-7-5-17(28)6-8-19/h2-12H,13-14H2,1H3,(H,30,32)/b23-11-. The van der Waals surface area contributed by atoms with Crippen LogP contribution in [0.3, 0.4) is 0 Å². The summed E-state index contributed by atoms with van der Waals surface area (Å²) in [5.74, 6) is -1.29. The Morgan fingerprint density at radius 2 is 1.81 bits per heavy atom. The summed E-state index contributed by atoms with van der Waals surface area (Å²) in [4.78, 5) is 38.6. The Hall–Kier alpha value is -3.70. The highest BCUT2D eigenvalue weighted by atomic mass is 79.9. The summed E-state index contributed by atoms with van der Waals surface area (Å²) in [5, 5.41) is 1.93. The van der Waals surface area contributed by atoms with E-state index in [1.54, 1.807) is 24.3 Å². The van der Waals surface area contributed by atoms with Gasteiger partial charge >= 0.3 is 0 Å². The number of amides is 3. The number of thioether (sulfide) groups is 1. The van der Waals surface area contributed by atoms with Crippen molar-refractivity contribution in [3.8, 4) is 11.5 Å². The first-order valence-electron chi connectivity index (χ1n) is 10.8. The molecule has 190 valence electrons. The molecule has 0 aliphatic carbocycles. The molecule has 1 aliphatic heterocycles. The van der Waals surface area contributed by atoms with E-state index in [9.17, 15) is 23.2 Å². The van der Waals surface area contributed by atoms with Gasteiger partial charge in [-0.3, -0.25) is 19.3 Å². The zero-order valence-electron chi connectivity index (χ0n) is 19.3. The molecule has 0 aromatic heterocycles. The number of halogens is 3. The predicted octanol–water partition coefficient (Wildman–Crippen LogP) is 5.99. The van der Waals surface area contributed by atoms with Gasteiger partial charge in [-0.15, -0.1) is 0 Å². The van der Waals surface area contributed by atoms with Crippen LogP contribution in [0.15, 0.2) is 70.0 Å². The fraction of sp³-hybridized carbons (Fsp3) is 0.115. The number of carbonyl (C=O) groups is 3. The summed E-state index contributed by atoms with van der Waals surface area (Å²) in [5.41, 5.74) is 1.51. The van der Waals surface area contributed by atoms with Gasteiger partial charge < -0.3 is 14.8 Å². The number of benzene rings is 3. The third-order valence-electron chi connectivity index (χ3n) is 5.16. The van der Waals surface area contributed by atoms with Crippen molar-refractivity contribution in [3.05, 3.63) is 92.8 Å². The summed E-state index contributed by atoms with van der Waals surface area (Å²) in [6.45, 7) is -0.379. The minimum atomic E-state index is -0.624. The number of ether oxygens (including phenoxy) is 2. The fourth-order valence-corrected chi connectivity index (χ4v) is 4.64. The fourth-order valence-electron chi connectivity index (χ4n) is 3.38. The second kappa shape index (κ2) is 11.6. The van der Waals surface area contributed by atoms with Crippen molar-refractivity contribution >= 4 is 56.5 Å². The molecule has 1 heterocycles. The molecule has 1 saturated heterocycles. The van der Waals surface area contributed by atoms with Crippen molar-refractivity contribution in [2.75, 3.05) is 19.0 Å². The first-order chi connectivity index (χ1) is 17.7. The molecule has 11 heteroatoms. The van der Waals surface area contributed by atoms with Crippen LogP contribution in [0.4, 0.5) is 19.3 Å². The van der Waals surface area contributed by atoms with Gasteiger partial charge in [0, 0.05) is 10.2 Å². The molecule has 0 spiro atoms. The van der Waals surface area contributed by atoms with E-state index in [1.807, 2.05) is 0 Å². The van der Waals surface area contributed by atoms with Crippen molar-refractivity contribution in [3.63, 3.8) is 0 Å². The Labute approximate surface area is 223 Å². The number of carbonyl (C=O) groups excluding carboxylic acids is 3. The normalized spacial score (nSPS) is 14.3. The topological polar surface area (TPSA) is 84.9 Å². The van der Waals surface area contributed by atoms with Gasteiger partial charge in [-0.05, 0) is 77.5 Å². The smallest absolute Gasteiger partial charge is 0.294 e. The van der Waals surface area contributed by atoms with E-state index in [4.69, 9.17) is 9.47 Å². The molecule has 3 aromatic carbocycles. The number of rotatable bonds is 8. The Balaban J connectivity index is 1.47. The van der Waals surface area contributed by atoms with Crippen LogP contribution in [-0.4, -0.2) is 35.6 Å². The summed E-state index contributed by atoms with van der Waals surface area (Å²) >= 11 is 4.14. The zero-order valence-corrected chi connectivity index (χ0v) is 21.7. The number of anilines is 1. The Kier molecular flexibility index (Phi) is 8.24. The lowest BCUT2D eigenvalue weighted by Gasteiger charge is -2.13. The summed E-state index contributed by atoms with van der Waals surface area (Å²) < 4.78 is 38.2. The Morgan fingerprint density at radius 3 is 2.51 bits per heavy atom. The van der Waals surface area contributed by atoms with Crippen molar-refractivity contribution in [1.29, 1.82) is 0 Å². The maximum Gasteiger partial charge on any atom is 0.294 e. The molecule has 1 aliphatic rings. The molecule has 0 bridgehead atoms. The van der Waals surface area contributed by atoms with Crippen LogP contribution in [0.5, 0.6) is 11.5 Å². The Morgan fingerprint density at radius 1 is 1.05 bits per heavy atom. The molecule has 1 fully saturated rings. The average Bonchev–Trinajstić information content (AvgIpc) is 3.12. The lowest BCUT2D eigenvalue weighted by molar-refractivity contribution is -0.127. The van der Waals surface area contributed by atoms with Crippen LogP contribution >= 0.6 is 27.7 Å². The van der Waals surface area contributed by atoms with Crippen LogP contribution < -0.4 is 14.8 Å². The van der Waals surface area contributed by atoms with Crippen LogP contribution in [0.1, 0.15) is 11.1 Å². The van der Waals surface area contributed by atoms with Crippen molar-refractivity contribution < 1.29 is 32.6 Å². The maximum absolute atomic E-state index is 13.4. The molecule has 0 unspecified atom stereocenters. The molecule has 4 rings (SSSR count). The SMILES string of the molecule is COc1cc(/C=C2\SC(=O)N(CC(=O)Nc3ccc(F)cc3)C2=O)c(Br)cc1OCc1cccc(F)c1. The van der Waals surface area contributed by atoms with Gasteiger partial charge in [-0.2, -0.15) is 0 Å². The van der Waals surface area contributed by atoms with E-state index in [0.717, 1.165) is 4.90 Å². The highest BCUT2D eigenvalue weighted by Gasteiger charge is 2.36. The van der Waals surface area contributed by atoms with Gasteiger partial charge in [0.1, 0.15) is 24.8 Å². The van der Waals surface area contributed by atoms with E-state index in [0.29, 0.717) is 44.5 Å². The number of hydrogen-bond acceptors (Lipinski definition) is 6. The maximum atomic E-state index is 13.4. The van der Waals surface area contributed by atoms with Gasteiger partial charge in [-0.25, -0.2) is 8.78 Å². The van der Waals surface area contributed by atoms with Gasteiger partial charge in [0.05, 0.1) is 12.0 Å². The monoisotopic (exact) mass is 588 g/mol. The zero-order chi connectivity index (χ0) is 26.5. The molecule has 7 nitrogen and oxygen atoms in total. The molecule has 3 amide bonds. The van der Waals surface area contributed by atoms with Crippen molar-refractivity contribution in [2.24, 2.45) is 0 Å². The first-order valence-corrected chi connectivity index (χ1v) is 12.4. The van der Waals surface area contributed by atoms with Gasteiger partial charge in [0.15, 0.2) is 11.5 Å². The lowest BCUT2D eigenvalue weighted by Crippen LogP contribution is -2.36. The highest BCUT2D eigenvalue weighted by Crippen LogP contribution is 2.38. The summed E-state index contributed by atoms with van der Waals surface area (Å²) in [6, 6.07) is 14.4. The molecule has 3 aromatic rings. The van der Waals surface area contributed by atoms with Crippen LogP contribution in [0.2, 0.25) is 0 Å². The van der Waals surface area contributed by atoms with Gasteiger partial charge in [0.25, 0.3) is 11.1 Å². The van der Waals surface area contributed by atoms with Crippen molar-refractivity contribution in [2.45, 2.75) is 6.61 Å².